The normalized spacial score (nSPS) is 20.2. The highest BCUT2D eigenvalue weighted by molar-refractivity contribution is 8.26. The Morgan fingerprint density at radius 2 is 2.03 bits per heavy atom. The third kappa shape index (κ3) is 5.01. The Bertz CT molecular complexity index is 1350. The zero-order valence-corrected chi connectivity index (χ0v) is 20.4. The van der Waals surface area contributed by atoms with Crippen molar-refractivity contribution in [1.29, 1.82) is 0 Å². The first kappa shape index (κ1) is 23.7. The summed E-state index contributed by atoms with van der Waals surface area (Å²) in [6.07, 6.45) is 4.21. The van der Waals surface area contributed by atoms with Gasteiger partial charge in [0.1, 0.15) is 15.8 Å². The van der Waals surface area contributed by atoms with Gasteiger partial charge >= 0.3 is 0 Å². The van der Waals surface area contributed by atoms with E-state index >= 15 is 0 Å². The fourth-order valence-corrected chi connectivity index (χ4v) is 5.39. The van der Waals surface area contributed by atoms with Gasteiger partial charge in [-0.05, 0) is 36.6 Å². The van der Waals surface area contributed by atoms with Crippen molar-refractivity contribution in [3.63, 3.8) is 0 Å². The number of carbonyl (C=O) groups is 1. The van der Waals surface area contributed by atoms with Crippen molar-refractivity contribution >= 4 is 51.7 Å². The maximum atomic E-state index is 13.4. The summed E-state index contributed by atoms with van der Waals surface area (Å²) in [6.45, 7) is 1.24. The number of hydrogen-bond donors (Lipinski definition) is 2. The minimum Gasteiger partial charge on any atom is -0.387 e. The van der Waals surface area contributed by atoms with E-state index in [2.05, 4.69) is 10.3 Å². The first-order chi connectivity index (χ1) is 17.0. The van der Waals surface area contributed by atoms with Crippen molar-refractivity contribution in [3.8, 4) is 0 Å². The molecule has 10 heteroatoms. The Balaban J connectivity index is 1.47. The highest BCUT2D eigenvalue weighted by atomic mass is 32.2. The van der Waals surface area contributed by atoms with Crippen LogP contribution in [0.3, 0.4) is 0 Å². The number of aliphatic hydroxyl groups excluding tert-OH is 1. The van der Waals surface area contributed by atoms with Gasteiger partial charge in [-0.15, -0.1) is 0 Å². The molecule has 0 aliphatic carbocycles. The summed E-state index contributed by atoms with van der Waals surface area (Å²) in [5.41, 5.74) is 1.11. The molecule has 2 aromatic heterocycles. The second-order valence-corrected chi connectivity index (χ2v) is 10.0. The fourth-order valence-electron chi connectivity index (χ4n) is 4.13. The number of nitrogens with zero attached hydrogens (tertiary/aromatic N) is 3. The highest BCUT2D eigenvalue weighted by Crippen LogP contribution is 2.34. The van der Waals surface area contributed by atoms with Gasteiger partial charge in [0.15, 0.2) is 0 Å². The standard InChI is InChI=1S/C25H24N4O4S2/c30-19(16-7-2-1-3-8-16)14-26-22-18(23(31)28-11-5-4-10-21(28)27-22)13-20-24(32)29(25(34)35-20)15-17-9-6-12-33-17/h1-5,7-8,10-11,13,17,19,26,30H,6,9,12,14-15H2/b20-13-/t17-,19-/m0/s1. The van der Waals surface area contributed by atoms with Crippen LogP contribution in [-0.2, 0) is 9.53 Å². The average Bonchev–Trinajstić information content (AvgIpc) is 3.49. The van der Waals surface area contributed by atoms with Crippen LogP contribution in [0.25, 0.3) is 11.7 Å². The summed E-state index contributed by atoms with van der Waals surface area (Å²) in [4.78, 5) is 33.0. The van der Waals surface area contributed by atoms with Crippen molar-refractivity contribution < 1.29 is 14.6 Å². The van der Waals surface area contributed by atoms with Gasteiger partial charge < -0.3 is 15.2 Å². The van der Waals surface area contributed by atoms with Crippen LogP contribution in [0, 0.1) is 0 Å². The number of hydrogen-bond acceptors (Lipinski definition) is 8. The van der Waals surface area contributed by atoms with Gasteiger partial charge in [0.25, 0.3) is 11.5 Å². The van der Waals surface area contributed by atoms with Crippen molar-refractivity contribution in [1.82, 2.24) is 14.3 Å². The summed E-state index contributed by atoms with van der Waals surface area (Å²) in [5, 5.41) is 13.7. The van der Waals surface area contributed by atoms with Crippen molar-refractivity contribution in [2.45, 2.75) is 25.0 Å². The van der Waals surface area contributed by atoms with Crippen molar-refractivity contribution in [3.05, 3.63) is 81.1 Å². The predicted octanol–water partition coefficient (Wildman–Crippen LogP) is 3.22. The molecule has 8 nitrogen and oxygen atoms in total. The summed E-state index contributed by atoms with van der Waals surface area (Å²) < 4.78 is 7.54. The smallest absolute Gasteiger partial charge is 0.267 e. The highest BCUT2D eigenvalue weighted by Gasteiger charge is 2.35. The van der Waals surface area contributed by atoms with E-state index in [1.54, 1.807) is 35.4 Å². The number of rotatable bonds is 7. The number of aliphatic hydroxyl groups is 1. The topological polar surface area (TPSA) is 96.2 Å². The van der Waals surface area contributed by atoms with Gasteiger partial charge in [-0.25, -0.2) is 4.98 Å². The van der Waals surface area contributed by atoms with E-state index < -0.39 is 6.10 Å². The third-order valence-electron chi connectivity index (χ3n) is 5.98. The first-order valence-corrected chi connectivity index (χ1v) is 12.6. The molecule has 1 aromatic carbocycles. The number of ether oxygens (including phenoxy) is 1. The lowest BCUT2D eigenvalue weighted by Gasteiger charge is -2.18. The monoisotopic (exact) mass is 508 g/mol. The number of carbonyl (C=O) groups excluding carboxylic acids is 1. The fraction of sp³-hybridized carbons (Fsp3) is 0.280. The van der Waals surface area contributed by atoms with Crippen LogP contribution in [0.15, 0.2) is 64.4 Å². The van der Waals surface area contributed by atoms with E-state index in [1.807, 2.05) is 30.3 Å². The van der Waals surface area contributed by atoms with Gasteiger partial charge in [0.05, 0.1) is 29.2 Å². The largest absolute Gasteiger partial charge is 0.387 e. The van der Waals surface area contributed by atoms with Crippen molar-refractivity contribution in [2.24, 2.45) is 0 Å². The SMILES string of the molecule is O=C1/C(=C/c2c(NC[C@H](O)c3ccccc3)nc3ccccn3c2=O)SC(=S)N1C[C@@H]1CCCO1. The number of benzene rings is 1. The van der Waals surface area contributed by atoms with E-state index in [4.69, 9.17) is 17.0 Å². The zero-order chi connectivity index (χ0) is 24.4. The number of pyridine rings is 1. The van der Waals surface area contributed by atoms with Crippen LogP contribution >= 0.6 is 24.0 Å². The number of amides is 1. The minimum atomic E-state index is -0.801. The van der Waals surface area contributed by atoms with Gasteiger partial charge in [-0.1, -0.05) is 60.4 Å². The molecule has 5 rings (SSSR count). The van der Waals surface area contributed by atoms with Crippen LogP contribution in [0.1, 0.15) is 30.1 Å². The van der Waals surface area contributed by atoms with E-state index in [9.17, 15) is 14.7 Å². The molecule has 2 saturated heterocycles. The van der Waals surface area contributed by atoms with Crippen LogP contribution in [0.5, 0.6) is 0 Å². The second kappa shape index (κ2) is 10.3. The molecule has 2 aliphatic heterocycles. The molecule has 2 fully saturated rings. The summed E-state index contributed by atoms with van der Waals surface area (Å²) in [7, 11) is 0. The molecule has 2 aliphatic rings. The molecule has 0 radical (unpaired) electrons. The van der Waals surface area contributed by atoms with Crippen molar-refractivity contribution in [2.75, 3.05) is 25.0 Å². The predicted molar refractivity (Wildman–Crippen MR) is 140 cm³/mol. The van der Waals surface area contributed by atoms with E-state index in [1.165, 1.54) is 4.40 Å². The average molecular weight is 509 g/mol. The van der Waals surface area contributed by atoms with E-state index in [0.717, 1.165) is 30.2 Å². The quantitative estimate of drug-likeness (QED) is 0.371. The Kier molecular flexibility index (Phi) is 6.96. The first-order valence-electron chi connectivity index (χ1n) is 11.4. The van der Waals surface area contributed by atoms with E-state index in [0.29, 0.717) is 33.8 Å². The third-order valence-corrected chi connectivity index (χ3v) is 7.35. The maximum absolute atomic E-state index is 13.4. The molecule has 180 valence electrons. The Morgan fingerprint density at radius 1 is 1.23 bits per heavy atom. The molecule has 4 heterocycles. The van der Waals surface area contributed by atoms with E-state index in [-0.39, 0.29) is 29.7 Å². The number of anilines is 1. The number of aromatic nitrogens is 2. The molecule has 35 heavy (non-hydrogen) atoms. The van der Waals surface area contributed by atoms with Crippen LogP contribution < -0.4 is 10.9 Å². The number of nitrogens with one attached hydrogen (secondary N) is 1. The van der Waals surface area contributed by atoms with Crippen LogP contribution in [0.2, 0.25) is 0 Å². The van der Waals surface area contributed by atoms with Crippen LogP contribution in [-0.4, -0.2) is 55.4 Å². The molecule has 0 bridgehead atoms. The molecular weight excluding hydrogens is 484 g/mol. The Morgan fingerprint density at radius 3 is 2.80 bits per heavy atom. The number of thioether (sulfide) groups is 1. The Labute approximate surface area is 211 Å². The lowest BCUT2D eigenvalue weighted by molar-refractivity contribution is -0.123. The number of thiocarbonyl (C=S) groups is 1. The van der Waals surface area contributed by atoms with Gasteiger partial charge in [0.2, 0.25) is 0 Å². The second-order valence-electron chi connectivity index (χ2n) is 8.34. The van der Waals surface area contributed by atoms with Gasteiger partial charge in [0, 0.05) is 19.3 Å². The lowest BCUT2D eigenvalue weighted by Crippen LogP contribution is -2.35. The molecule has 3 aromatic rings. The molecule has 0 spiro atoms. The summed E-state index contributed by atoms with van der Waals surface area (Å²) in [6, 6.07) is 14.5. The zero-order valence-electron chi connectivity index (χ0n) is 18.8. The molecule has 0 unspecified atom stereocenters. The molecule has 2 atom stereocenters. The van der Waals surface area contributed by atoms with Crippen LogP contribution in [0.4, 0.5) is 5.82 Å². The summed E-state index contributed by atoms with van der Waals surface area (Å²) in [5.74, 6) is 0.0453. The molecule has 2 N–H and O–H groups in total. The molecular formula is C25H24N4O4S2. The Hall–Kier alpha value is -3.05. The molecule has 1 amide bonds. The summed E-state index contributed by atoms with van der Waals surface area (Å²) >= 11 is 6.62. The maximum Gasteiger partial charge on any atom is 0.267 e. The molecule has 0 saturated carbocycles. The van der Waals surface area contributed by atoms with Gasteiger partial charge in [-0.3, -0.25) is 18.9 Å². The number of fused-ring (bicyclic) bond motifs is 1. The van der Waals surface area contributed by atoms with Gasteiger partial charge in [-0.2, -0.15) is 0 Å². The minimum absolute atomic E-state index is 0.0264. The lowest BCUT2D eigenvalue weighted by atomic mass is 10.1.